The quantitative estimate of drug-likeness (QED) is 0.691. The van der Waals surface area contributed by atoms with E-state index in [1.54, 1.807) is 6.07 Å². The van der Waals surface area contributed by atoms with Crippen LogP contribution >= 0.6 is 0 Å². The van der Waals surface area contributed by atoms with Crippen LogP contribution < -0.4 is 4.74 Å². The molecule has 3 aromatic carbocycles. The number of aryl methyl sites for hydroxylation is 1. The number of phenolic OH excluding ortho intramolecular Hbond substituents is 2. The van der Waals surface area contributed by atoms with Crippen LogP contribution in [0.2, 0.25) is 0 Å². The van der Waals surface area contributed by atoms with Crippen molar-refractivity contribution in [2.45, 2.75) is 12.8 Å². The van der Waals surface area contributed by atoms with Gasteiger partial charge in [0.25, 0.3) is 0 Å². The van der Waals surface area contributed by atoms with Crippen molar-refractivity contribution in [3.05, 3.63) is 89.0 Å². The van der Waals surface area contributed by atoms with E-state index in [0.29, 0.717) is 0 Å². The highest BCUT2D eigenvalue weighted by Crippen LogP contribution is 2.47. The molecule has 0 saturated carbocycles. The van der Waals surface area contributed by atoms with E-state index in [9.17, 15) is 10.2 Å². The van der Waals surface area contributed by atoms with Gasteiger partial charge in [0.05, 0.1) is 7.11 Å². The summed E-state index contributed by atoms with van der Waals surface area (Å²) in [6.07, 6.45) is 0. The third kappa shape index (κ3) is 2.81. The Morgan fingerprint density at radius 3 is 1.79 bits per heavy atom. The normalized spacial score (nSPS) is 10.8. The van der Waals surface area contributed by atoms with Crippen LogP contribution in [-0.2, 0) is 0 Å². The van der Waals surface area contributed by atoms with Crippen LogP contribution in [0.3, 0.4) is 0 Å². The number of hydrogen-bond donors (Lipinski definition) is 2. The third-order valence-electron chi connectivity index (χ3n) is 4.24. The first kappa shape index (κ1) is 15.9. The molecule has 3 rings (SSSR count). The second kappa shape index (κ2) is 6.67. The Morgan fingerprint density at radius 1 is 0.833 bits per heavy atom. The lowest BCUT2D eigenvalue weighted by atomic mass is 9.82. The predicted molar refractivity (Wildman–Crippen MR) is 94.9 cm³/mol. The molecule has 3 heteroatoms. The molecule has 0 aliphatic carbocycles. The summed E-state index contributed by atoms with van der Waals surface area (Å²) in [6, 6.07) is 21.6. The monoisotopic (exact) mass is 320 g/mol. The van der Waals surface area contributed by atoms with E-state index in [1.165, 1.54) is 7.11 Å². The lowest BCUT2D eigenvalue weighted by Gasteiger charge is -2.23. The summed E-state index contributed by atoms with van der Waals surface area (Å²) in [5.41, 5.74) is 3.68. The van der Waals surface area contributed by atoms with Crippen molar-refractivity contribution in [2.75, 3.05) is 7.11 Å². The first-order valence-electron chi connectivity index (χ1n) is 7.82. The van der Waals surface area contributed by atoms with E-state index in [0.717, 1.165) is 22.3 Å². The lowest BCUT2D eigenvalue weighted by molar-refractivity contribution is 0.341. The van der Waals surface area contributed by atoms with Gasteiger partial charge in [-0.2, -0.15) is 0 Å². The summed E-state index contributed by atoms with van der Waals surface area (Å²) in [5.74, 6) is -0.127. The molecule has 3 nitrogen and oxygen atoms in total. The minimum Gasteiger partial charge on any atom is -0.504 e. The number of rotatable bonds is 4. The van der Waals surface area contributed by atoms with E-state index < -0.39 is 0 Å². The summed E-state index contributed by atoms with van der Waals surface area (Å²) < 4.78 is 5.19. The van der Waals surface area contributed by atoms with Crippen LogP contribution in [0.15, 0.2) is 66.7 Å². The Bertz CT molecular complexity index is 787. The van der Waals surface area contributed by atoms with Gasteiger partial charge in [0.2, 0.25) is 5.75 Å². The zero-order valence-corrected chi connectivity index (χ0v) is 13.7. The second-order valence-corrected chi connectivity index (χ2v) is 5.76. The number of hydrogen-bond acceptors (Lipinski definition) is 3. The lowest BCUT2D eigenvalue weighted by Crippen LogP contribution is -2.06. The number of ether oxygens (including phenoxy) is 1. The van der Waals surface area contributed by atoms with Crippen molar-refractivity contribution in [3.63, 3.8) is 0 Å². The van der Waals surface area contributed by atoms with E-state index in [2.05, 4.69) is 0 Å². The maximum Gasteiger partial charge on any atom is 0.203 e. The van der Waals surface area contributed by atoms with Gasteiger partial charge in [0.1, 0.15) is 0 Å². The standard InChI is InChI=1S/C21H20O3/c1-14-13-17(22)21(24-2)20(23)18(14)19(15-9-5-3-6-10-15)16-11-7-4-8-12-16/h3-13,19,22-23H,1-2H3. The van der Waals surface area contributed by atoms with Gasteiger partial charge in [-0.25, -0.2) is 0 Å². The number of phenols is 2. The fourth-order valence-corrected chi connectivity index (χ4v) is 3.16. The van der Waals surface area contributed by atoms with Gasteiger partial charge in [-0.1, -0.05) is 60.7 Å². The van der Waals surface area contributed by atoms with Crippen LogP contribution in [0.4, 0.5) is 0 Å². The molecule has 0 unspecified atom stereocenters. The Morgan fingerprint density at radius 2 is 1.33 bits per heavy atom. The van der Waals surface area contributed by atoms with Crippen molar-refractivity contribution in [2.24, 2.45) is 0 Å². The average molecular weight is 320 g/mol. The van der Waals surface area contributed by atoms with E-state index in [-0.39, 0.29) is 23.2 Å². The van der Waals surface area contributed by atoms with Gasteiger partial charge >= 0.3 is 0 Å². The third-order valence-corrected chi connectivity index (χ3v) is 4.24. The highest BCUT2D eigenvalue weighted by molar-refractivity contribution is 5.62. The Labute approximate surface area is 141 Å². The fraction of sp³-hybridized carbons (Fsp3) is 0.143. The Kier molecular flexibility index (Phi) is 4.43. The van der Waals surface area contributed by atoms with Crippen LogP contribution in [-0.4, -0.2) is 17.3 Å². The van der Waals surface area contributed by atoms with Crippen molar-refractivity contribution < 1.29 is 14.9 Å². The molecule has 24 heavy (non-hydrogen) atoms. The maximum absolute atomic E-state index is 10.8. The molecule has 0 bridgehead atoms. The fourth-order valence-electron chi connectivity index (χ4n) is 3.16. The van der Waals surface area contributed by atoms with Gasteiger partial charge in [-0.15, -0.1) is 0 Å². The van der Waals surface area contributed by atoms with Gasteiger partial charge in [-0.05, 0) is 29.7 Å². The molecule has 0 radical (unpaired) electrons. The average Bonchev–Trinajstić information content (AvgIpc) is 2.60. The van der Waals surface area contributed by atoms with E-state index in [1.807, 2.05) is 67.6 Å². The molecule has 0 atom stereocenters. The van der Waals surface area contributed by atoms with Gasteiger partial charge in [-0.3, -0.25) is 0 Å². The zero-order valence-electron chi connectivity index (χ0n) is 13.7. The zero-order chi connectivity index (χ0) is 17.1. The molecule has 0 amide bonds. The van der Waals surface area contributed by atoms with Crippen molar-refractivity contribution in [1.82, 2.24) is 0 Å². The summed E-state index contributed by atoms with van der Waals surface area (Å²) in [7, 11) is 1.44. The van der Waals surface area contributed by atoms with Crippen LogP contribution in [0.5, 0.6) is 17.2 Å². The largest absolute Gasteiger partial charge is 0.504 e. The summed E-state index contributed by atoms with van der Waals surface area (Å²) in [6.45, 7) is 1.88. The first-order valence-corrected chi connectivity index (χ1v) is 7.82. The van der Waals surface area contributed by atoms with Gasteiger partial charge in [0.15, 0.2) is 11.5 Å². The summed E-state index contributed by atoms with van der Waals surface area (Å²) in [4.78, 5) is 0. The van der Waals surface area contributed by atoms with Crippen molar-refractivity contribution >= 4 is 0 Å². The van der Waals surface area contributed by atoms with E-state index in [4.69, 9.17) is 4.74 Å². The topological polar surface area (TPSA) is 49.7 Å². The number of methoxy groups -OCH3 is 1. The van der Waals surface area contributed by atoms with Crippen LogP contribution in [0.1, 0.15) is 28.2 Å². The maximum atomic E-state index is 10.8. The molecule has 3 aromatic rings. The smallest absolute Gasteiger partial charge is 0.203 e. The number of aromatic hydroxyl groups is 2. The molecule has 122 valence electrons. The highest BCUT2D eigenvalue weighted by atomic mass is 16.5. The summed E-state index contributed by atoms with van der Waals surface area (Å²) >= 11 is 0. The first-order chi connectivity index (χ1) is 11.6. The molecule has 0 aromatic heterocycles. The molecular formula is C21H20O3. The number of benzene rings is 3. The molecular weight excluding hydrogens is 300 g/mol. The molecule has 0 fully saturated rings. The molecule has 0 aliphatic rings. The Balaban J connectivity index is 2.28. The highest BCUT2D eigenvalue weighted by Gasteiger charge is 2.25. The Hall–Kier alpha value is -2.94. The van der Waals surface area contributed by atoms with E-state index >= 15 is 0 Å². The molecule has 0 saturated heterocycles. The molecule has 2 N–H and O–H groups in total. The summed E-state index contributed by atoms with van der Waals surface area (Å²) in [5, 5.41) is 20.8. The minimum atomic E-state index is -0.151. The molecule has 0 heterocycles. The second-order valence-electron chi connectivity index (χ2n) is 5.76. The van der Waals surface area contributed by atoms with Gasteiger partial charge < -0.3 is 14.9 Å². The predicted octanol–water partition coefficient (Wildman–Crippen LogP) is 4.60. The van der Waals surface area contributed by atoms with Crippen molar-refractivity contribution in [3.8, 4) is 17.2 Å². The van der Waals surface area contributed by atoms with Crippen LogP contribution in [0.25, 0.3) is 0 Å². The SMILES string of the molecule is COc1c(O)cc(C)c(C(c2ccccc2)c2ccccc2)c1O. The molecule has 0 aliphatic heterocycles. The molecule has 0 spiro atoms. The minimum absolute atomic E-state index is 0.0206. The van der Waals surface area contributed by atoms with Gasteiger partial charge in [0, 0.05) is 11.5 Å². The van der Waals surface area contributed by atoms with Crippen molar-refractivity contribution in [1.29, 1.82) is 0 Å². The van der Waals surface area contributed by atoms with Crippen LogP contribution in [0, 0.1) is 6.92 Å².